The first-order chi connectivity index (χ1) is 9.02. The maximum absolute atomic E-state index is 11.9. The number of benzene rings is 1. The van der Waals surface area contributed by atoms with Crippen LogP contribution in [0, 0.1) is 0 Å². The number of fused-ring (bicyclic) bond motifs is 1. The number of nitrogens with zero attached hydrogens (tertiary/aromatic N) is 1. The van der Waals surface area contributed by atoms with Crippen molar-refractivity contribution >= 4 is 29.4 Å². The average molecular weight is 258 g/mol. The van der Waals surface area contributed by atoms with Gasteiger partial charge in [0, 0.05) is 18.2 Å². The molecule has 1 aromatic carbocycles. The standard InChI is InChI=1S/C14H14N2O3/c1-2-16-11-5-3-9(4-6-13(15)18)7-10(11)12(17)8-14(16)19/h3-7H,2,8H2,1H3,(H2,15,18)/b6-4+. The van der Waals surface area contributed by atoms with Crippen LogP contribution in [-0.2, 0) is 9.59 Å². The maximum atomic E-state index is 11.9. The van der Waals surface area contributed by atoms with Crippen molar-refractivity contribution in [2.24, 2.45) is 5.73 Å². The van der Waals surface area contributed by atoms with Gasteiger partial charge in [-0.1, -0.05) is 6.07 Å². The SMILES string of the molecule is CCN1C(=O)CC(=O)c2cc(/C=C/C(N)=O)ccc21. The predicted molar refractivity (Wildman–Crippen MR) is 71.6 cm³/mol. The summed E-state index contributed by atoms with van der Waals surface area (Å²) in [5.74, 6) is -0.922. The second-order valence-electron chi connectivity index (χ2n) is 4.25. The summed E-state index contributed by atoms with van der Waals surface area (Å²) in [4.78, 5) is 35.9. The molecule has 1 aliphatic rings. The normalized spacial score (nSPS) is 14.9. The highest BCUT2D eigenvalue weighted by Gasteiger charge is 2.28. The topological polar surface area (TPSA) is 80.5 Å². The monoisotopic (exact) mass is 258 g/mol. The molecule has 5 nitrogen and oxygen atoms in total. The van der Waals surface area contributed by atoms with Crippen LogP contribution in [0.4, 0.5) is 5.69 Å². The first-order valence-corrected chi connectivity index (χ1v) is 5.98. The maximum Gasteiger partial charge on any atom is 0.241 e. The Hall–Kier alpha value is -2.43. The van der Waals surface area contributed by atoms with Gasteiger partial charge in [0.05, 0.1) is 12.1 Å². The molecule has 0 unspecified atom stereocenters. The lowest BCUT2D eigenvalue weighted by Gasteiger charge is -2.27. The van der Waals surface area contributed by atoms with Gasteiger partial charge in [-0.05, 0) is 30.7 Å². The molecule has 98 valence electrons. The Kier molecular flexibility index (Phi) is 3.46. The Morgan fingerprint density at radius 3 is 2.79 bits per heavy atom. The molecule has 0 aliphatic carbocycles. The molecule has 5 heteroatoms. The zero-order valence-electron chi connectivity index (χ0n) is 10.6. The summed E-state index contributed by atoms with van der Waals surface area (Å²) in [5.41, 5.74) is 6.86. The van der Waals surface area contributed by atoms with Crippen LogP contribution in [0.25, 0.3) is 6.08 Å². The largest absolute Gasteiger partial charge is 0.366 e. The smallest absolute Gasteiger partial charge is 0.241 e. The highest BCUT2D eigenvalue weighted by molar-refractivity contribution is 6.19. The lowest BCUT2D eigenvalue weighted by molar-refractivity contribution is -0.118. The van der Waals surface area contributed by atoms with E-state index in [1.165, 1.54) is 6.08 Å². The molecule has 0 bridgehead atoms. The fraction of sp³-hybridized carbons (Fsp3) is 0.214. The van der Waals surface area contributed by atoms with E-state index in [9.17, 15) is 14.4 Å². The van der Waals surface area contributed by atoms with E-state index in [-0.39, 0.29) is 18.1 Å². The molecule has 0 aromatic heterocycles. The van der Waals surface area contributed by atoms with E-state index in [4.69, 9.17) is 5.73 Å². The van der Waals surface area contributed by atoms with Gasteiger partial charge in [-0.25, -0.2) is 0 Å². The van der Waals surface area contributed by atoms with Crippen molar-refractivity contribution in [3.05, 3.63) is 35.4 Å². The van der Waals surface area contributed by atoms with Crippen molar-refractivity contribution in [1.82, 2.24) is 0 Å². The molecule has 2 rings (SSSR count). The van der Waals surface area contributed by atoms with Crippen LogP contribution >= 0.6 is 0 Å². The molecule has 1 heterocycles. The van der Waals surface area contributed by atoms with E-state index in [1.807, 2.05) is 6.92 Å². The van der Waals surface area contributed by atoms with E-state index < -0.39 is 5.91 Å². The van der Waals surface area contributed by atoms with Gasteiger partial charge in [-0.2, -0.15) is 0 Å². The summed E-state index contributed by atoms with van der Waals surface area (Å²) in [5, 5.41) is 0. The third-order valence-electron chi connectivity index (χ3n) is 2.98. The number of primary amides is 1. The Morgan fingerprint density at radius 2 is 2.16 bits per heavy atom. The zero-order chi connectivity index (χ0) is 14.0. The second kappa shape index (κ2) is 5.06. The number of nitrogens with two attached hydrogens (primary N) is 1. The number of carbonyl (C=O) groups excluding carboxylic acids is 3. The number of amides is 2. The van der Waals surface area contributed by atoms with Crippen molar-refractivity contribution in [3.8, 4) is 0 Å². The van der Waals surface area contributed by atoms with Gasteiger partial charge in [0.15, 0.2) is 5.78 Å². The van der Waals surface area contributed by atoms with Crippen LogP contribution in [0.2, 0.25) is 0 Å². The van der Waals surface area contributed by atoms with Gasteiger partial charge < -0.3 is 10.6 Å². The summed E-state index contributed by atoms with van der Waals surface area (Å²) in [6.07, 6.45) is 2.67. The molecule has 2 amide bonds. The second-order valence-corrected chi connectivity index (χ2v) is 4.25. The van der Waals surface area contributed by atoms with Gasteiger partial charge >= 0.3 is 0 Å². The van der Waals surface area contributed by atoms with E-state index >= 15 is 0 Å². The average Bonchev–Trinajstić information content (AvgIpc) is 2.37. The minimum atomic E-state index is -0.547. The molecule has 0 spiro atoms. The minimum Gasteiger partial charge on any atom is -0.366 e. The predicted octanol–water partition coefficient (Wildman–Crippen LogP) is 1.12. The number of anilines is 1. The number of carbonyl (C=O) groups is 3. The van der Waals surface area contributed by atoms with Crippen LogP contribution in [0.1, 0.15) is 29.3 Å². The molecule has 19 heavy (non-hydrogen) atoms. The quantitative estimate of drug-likeness (QED) is 0.651. The Morgan fingerprint density at radius 1 is 1.42 bits per heavy atom. The molecule has 1 aromatic rings. The lowest BCUT2D eigenvalue weighted by Crippen LogP contribution is -2.37. The highest BCUT2D eigenvalue weighted by atomic mass is 16.2. The first kappa shape index (κ1) is 13.0. The number of Topliss-reactive ketones (excluding diaryl/α,β-unsaturated/α-hetero) is 1. The molecule has 2 N–H and O–H groups in total. The molecule has 0 atom stereocenters. The summed E-state index contributed by atoms with van der Waals surface area (Å²) < 4.78 is 0. The molecular weight excluding hydrogens is 244 g/mol. The Balaban J connectivity index is 2.44. The molecule has 1 aliphatic heterocycles. The molecular formula is C14H14N2O3. The molecule has 0 radical (unpaired) electrons. The van der Waals surface area contributed by atoms with Crippen molar-refractivity contribution in [1.29, 1.82) is 0 Å². The summed E-state index contributed by atoms with van der Waals surface area (Å²) in [6.45, 7) is 2.38. The third-order valence-corrected chi connectivity index (χ3v) is 2.98. The lowest BCUT2D eigenvalue weighted by atomic mass is 9.97. The van der Waals surface area contributed by atoms with E-state index in [0.29, 0.717) is 23.4 Å². The van der Waals surface area contributed by atoms with Crippen LogP contribution in [0.3, 0.4) is 0 Å². The zero-order valence-corrected chi connectivity index (χ0v) is 10.6. The highest BCUT2D eigenvalue weighted by Crippen LogP contribution is 2.28. The first-order valence-electron chi connectivity index (χ1n) is 5.98. The van der Waals surface area contributed by atoms with Crippen LogP contribution < -0.4 is 10.6 Å². The van der Waals surface area contributed by atoms with E-state index in [1.54, 1.807) is 29.2 Å². The minimum absolute atomic E-state index is 0.107. The summed E-state index contributed by atoms with van der Waals surface area (Å²) in [6, 6.07) is 5.13. The number of hydrogen-bond donors (Lipinski definition) is 1. The van der Waals surface area contributed by atoms with Crippen molar-refractivity contribution in [3.63, 3.8) is 0 Å². The number of hydrogen-bond acceptors (Lipinski definition) is 3. The van der Waals surface area contributed by atoms with Crippen molar-refractivity contribution < 1.29 is 14.4 Å². The Bertz CT molecular complexity index is 590. The van der Waals surface area contributed by atoms with Crippen molar-refractivity contribution in [2.75, 3.05) is 11.4 Å². The fourth-order valence-corrected chi connectivity index (χ4v) is 2.10. The molecule has 0 fully saturated rings. The van der Waals surface area contributed by atoms with Gasteiger partial charge in [-0.3, -0.25) is 14.4 Å². The van der Waals surface area contributed by atoms with E-state index in [0.717, 1.165) is 0 Å². The van der Waals surface area contributed by atoms with Gasteiger partial charge in [-0.15, -0.1) is 0 Å². The van der Waals surface area contributed by atoms with Crippen molar-refractivity contribution in [2.45, 2.75) is 13.3 Å². The Labute approximate surface area is 110 Å². The van der Waals surface area contributed by atoms with Gasteiger partial charge in [0.1, 0.15) is 0 Å². The van der Waals surface area contributed by atoms with Gasteiger partial charge in [0.25, 0.3) is 0 Å². The van der Waals surface area contributed by atoms with E-state index in [2.05, 4.69) is 0 Å². The summed E-state index contributed by atoms with van der Waals surface area (Å²) >= 11 is 0. The van der Waals surface area contributed by atoms with Gasteiger partial charge in [0.2, 0.25) is 11.8 Å². The summed E-state index contributed by atoms with van der Waals surface area (Å²) in [7, 11) is 0. The number of ketones is 1. The van der Waals surface area contributed by atoms with Crippen LogP contribution in [0.5, 0.6) is 0 Å². The number of rotatable bonds is 3. The molecule has 0 saturated heterocycles. The third kappa shape index (κ3) is 2.54. The fourth-order valence-electron chi connectivity index (χ4n) is 2.10. The van der Waals surface area contributed by atoms with Crippen LogP contribution in [0.15, 0.2) is 24.3 Å². The van der Waals surface area contributed by atoms with Crippen LogP contribution in [-0.4, -0.2) is 24.1 Å². The molecule has 0 saturated carbocycles.